The van der Waals surface area contributed by atoms with Crippen LogP contribution in [0.25, 0.3) is 0 Å². The Balaban J connectivity index is 2.30. The van der Waals surface area contributed by atoms with Gasteiger partial charge in [-0.25, -0.2) is 12.7 Å². The predicted octanol–water partition coefficient (Wildman–Crippen LogP) is 3.94. The summed E-state index contributed by atoms with van der Waals surface area (Å²) in [5.74, 6) is 0.521. The first-order valence-electron chi connectivity index (χ1n) is 6.24. The van der Waals surface area contributed by atoms with Crippen molar-refractivity contribution in [2.75, 3.05) is 13.6 Å². The van der Waals surface area contributed by atoms with E-state index in [1.807, 2.05) is 13.0 Å². The molecule has 1 aromatic rings. The molecule has 0 aromatic heterocycles. The first kappa shape index (κ1) is 15.5. The van der Waals surface area contributed by atoms with Crippen molar-refractivity contribution in [3.8, 4) is 0 Å². The lowest BCUT2D eigenvalue weighted by Gasteiger charge is -2.29. The van der Waals surface area contributed by atoms with E-state index in [-0.39, 0.29) is 0 Å². The van der Waals surface area contributed by atoms with Gasteiger partial charge >= 0.3 is 0 Å². The van der Waals surface area contributed by atoms with Crippen molar-refractivity contribution in [2.45, 2.75) is 31.1 Å². The molecule has 1 fully saturated rings. The summed E-state index contributed by atoms with van der Waals surface area (Å²) in [5, 5.41) is 0. The second-order valence-corrected chi connectivity index (χ2v) is 8.84. The van der Waals surface area contributed by atoms with Crippen LogP contribution in [0, 0.1) is 12.8 Å². The second kappa shape index (κ2) is 5.84. The molecule has 0 radical (unpaired) electrons. The van der Waals surface area contributed by atoms with Crippen LogP contribution in [0.15, 0.2) is 26.0 Å². The molecule has 6 heteroatoms. The molecule has 0 spiro atoms. The highest BCUT2D eigenvalue weighted by Crippen LogP contribution is 2.32. The average Bonchev–Trinajstić information content (AvgIpc) is 2.27. The Morgan fingerprint density at radius 2 is 1.89 bits per heavy atom. The quantitative estimate of drug-likeness (QED) is 0.753. The van der Waals surface area contributed by atoms with Crippen LogP contribution in [-0.4, -0.2) is 26.3 Å². The molecule has 1 aliphatic rings. The number of hydrogen-bond donors (Lipinski definition) is 0. The van der Waals surface area contributed by atoms with E-state index in [0.29, 0.717) is 21.8 Å². The van der Waals surface area contributed by atoms with E-state index in [1.165, 1.54) is 10.7 Å². The number of halogens is 2. The fourth-order valence-corrected chi connectivity index (χ4v) is 5.01. The minimum Gasteiger partial charge on any atom is -0.207 e. The SMILES string of the molecule is Cc1cc(Br)c(S(=O)(=O)N(C)CC2CCC2)cc1Br. The Bertz CT molecular complexity index is 583. The summed E-state index contributed by atoms with van der Waals surface area (Å²) < 4.78 is 28.0. The Morgan fingerprint density at radius 1 is 1.26 bits per heavy atom. The van der Waals surface area contributed by atoms with Gasteiger partial charge in [-0.05, 0) is 59.3 Å². The number of aryl methyl sites for hydroxylation is 1. The molecule has 0 aliphatic heterocycles. The first-order chi connectivity index (χ1) is 8.82. The summed E-state index contributed by atoms with van der Waals surface area (Å²) in [6.45, 7) is 2.55. The number of sulfonamides is 1. The summed E-state index contributed by atoms with van der Waals surface area (Å²) >= 11 is 6.75. The van der Waals surface area contributed by atoms with Gasteiger partial charge in [0.2, 0.25) is 10.0 Å². The fourth-order valence-electron chi connectivity index (χ4n) is 2.13. The fraction of sp³-hybridized carbons (Fsp3) is 0.538. The maximum Gasteiger partial charge on any atom is 0.243 e. The van der Waals surface area contributed by atoms with Gasteiger partial charge in [-0.3, -0.25) is 0 Å². The van der Waals surface area contributed by atoms with Crippen LogP contribution in [-0.2, 0) is 10.0 Å². The molecule has 0 saturated heterocycles. The Labute approximate surface area is 131 Å². The summed E-state index contributed by atoms with van der Waals surface area (Å²) in [6, 6.07) is 3.50. The van der Waals surface area contributed by atoms with Crippen LogP contribution in [0.2, 0.25) is 0 Å². The number of nitrogens with zero attached hydrogens (tertiary/aromatic N) is 1. The molecule has 0 amide bonds. The molecule has 0 heterocycles. The van der Waals surface area contributed by atoms with Gasteiger partial charge < -0.3 is 0 Å². The molecule has 1 saturated carbocycles. The molecule has 1 aliphatic carbocycles. The molecule has 0 bridgehead atoms. The van der Waals surface area contributed by atoms with Crippen molar-refractivity contribution in [2.24, 2.45) is 5.92 Å². The molecule has 1 aromatic carbocycles. The topological polar surface area (TPSA) is 37.4 Å². The zero-order chi connectivity index (χ0) is 14.2. The van der Waals surface area contributed by atoms with Crippen LogP contribution in [0.4, 0.5) is 0 Å². The van der Waals surface area contributed by atoms with Gasteiger partial charge in [-0.2, -0.15) is 0 Å². The molecular formula is C13H17Br2NO2S. The van der Waals surface area contributed by atoms with Crippen LogP contribution in [0.5, 0.6) is 0 Å². The molecular weight excluding hydrogens is 394 g/mol. The van der Waals surface area contributed by atoms with Gasteiger partial charge in [-0.15, -0.1) is 0 Å². The molecule has 0 unspecified atom stereocenters. The highest BCUT2D eigenvalue weighted by atomic mass is 79.9. The highest BCUT2D eigenvalue weighted by Gasteiger charge is 2.28. The molecule has 0 N–H and O–H groups in total. The molecule has 2 rings (SSSR count). The smallest absolute Gasteiger partial charge is 0.207 e. The summed E-state index contributed by atoms with van der Waals surface area (Å²) in [6.07, 6.45) is 3.50. The van der Waals surface area contributed by atoms with Gasteiger partial charge in [0.05, 0.1) is 4.90 Å². The normalized spacial score (nSPS) is 16.7. The van der Waals surface area contributed by atoms with Crippen molar-refractivity contribution >= 4 is 41.9 Å². The lowest BCUT2D eigenvalue weighted by atomic mass is 9.86. The third kappa shape index (κ3) is 3.23. The average molecular weight is 411 g/mol. The minimum atomic E-state index is -3.42. The standard InChI is InChI=1S/C13H17Br2NO2S/c1-9-6-12(15)13(7-11(9)14)19(17,18)16(2)8-10-4-3-5-10/h6-7,10H,3-5,8H2,1-2H3. The van der Waals surface area contributed by atoms with Gasteiger partial charge in [-0.1, -0.05) is 22.4 Å². The van der Waals surface area contributed by atoms with Crippen molar-refractivity contribution in [3.63, 3.8) is 0 Å². The van der Waals surface area contributed by atoms with Crippen molar-refractivity contribution in [3.05, 3.63) is 26.6 Å². The Hall–Kier alpha value is 0.0900. The lowest BCUT2D eigenvalue weighted by molar-refractivity contribution is 0.263. The summed E-state index contributed by atoms with van der Waals surface area (Å²) in [7, 11) is -1.76. The summed E-state index contributed by atoms with van der Waals surface area (Å²) in [5.41, 5.74) is 1.01. The zero-order valence-electron chi connectivity index (χ0n) is 11.0. The van der Waals surface area contributed by atoms with Gasteiger partial charge in [0.1, 0.15) is 0 Å². The second-order valence-electron chi connectivity index (χ2n) is 5.11. The Kier molecular flexibility index (Phi) is 4.75. The third-order valence-electron chi connectivity index (χ3n) is 3.64. The predicted molar refractivity (Wildman–Crippen MR) is 83.7 cm³/mol. The van der Waals surface area contributed by atoms with Crippen LogP contribution < -0.4 is 0 Å². The van der Waals surface area contributed by atoms with E-state index in [1.54, 1.807) is 13.1 Å². The zero-order valence-corrected chi connectivity index (χ0v) is 15.0. The highest BCUT2D eigenvalue weighted by molar-refractivity contribution is 9.11. The van der Waals surface area contributed by atoms with Gasteiger partial charge in [0.25, 0.3) is 0 Å². The molecule has 3 nitrogen and oxygen atoms in total. The number of benzene rings is 1. The maximum atomic E-state index is 12.6. The van der Waals surface area contributed by atoms with Crippen molar-refractivity contribution < 1.29 is 8.42 Å². The van der Waals surface area contributed by atoms with E-state index in [2.05, 4.69) is 31.9 Å². The molecule has 19 heavy (non-hydrogen) atoms. The Morgan fingerprint density at radius 3 is 2.42 bits per heavy atom. The first-order valence-corrected chi connectivity index (χ1v) is 9.27. The minimum absolute atomic E-state index is 0.326. The molecule has 106 valence electrons. The van der Waals surface area contributed by atoms with Crippen molar-refractivity contribution in [1.29, 1.82) is 0 Å². The van der Waals surface area contributed by atoms with E-state index < -0.39 is 10.0 Å². The van der Waals surface area contributed by atoms with Gasteiger partial charge in [0, 0.05) is 22.5 Å². The maximum absolute atomic E-state index is 12.6. The summed E-state index contributed by atoms with van der Waals surface area (Å²) in [4.78, 5) is 0.326. The molecule has 0 atom stereocenters. The largest absolute Gasteiger partial charge is 0.243 e. The van der Waals surface area contributed by atoms with E-state index >= 15 is 0 Å². The van der Waals surface area contributed by atoms with E-state index in [0.717, 1.165) is 22.9 Å². The van der Waals surface area contributed by atoms with Crippen LogP contribution in [0.3, 0.4) is 0 Å². The lowest BCUT2D eigenvalue weighted by Crippen LogP contribution is -2.34. The van der Waals surface area contributed by atoms with Crippen molar-refractivity contribution in [1.82, 2.24) is 4.31 Å². The van der Waals surface area contributed by atoms with E-state index in [4.69, 9.17) is 0 Å². The number of rotatable bonds is 4. The third-order valence-corrected chi connectivity index (χ3v) is 7.28. The van der Waals surface area contributed by atoms with Gasteiger partial charge in [0.15, 0.2) is 0 Å². The monoisotopic (exact) mass is 409 g/mol. The van der Waals surface area contributed by atoms with Crippen LogP contribution >= 0.6 is 31.9 Å². The van der Waals surface area contributed by atoms with Crippen LogP contribution in [0.1, 0.15) is 24.8 Å². The number of hydrogen-bond acceptors (Lipinski definition) is 2. The van der Waals surface area contributed by atoms with E-state index in [9.17, 15) is 8.42 Å².